The molecule has 1 fully saturated rings. The molecule has 8 nitrogen and oxygen atoms in total. The molecule has 1 saturated heterocycles. The van der Waals surface area contributed by atoms with E-state index in [0.29, 0.717) is 5.69 Å². The van der Waals surface area contributed by atoms with Gasteiger partial charge in [-0.05, 0) is 13.0 Å². The molecule has 0 N–H and O–H groups in total. The second kappa shape index (κ2) is 3.67. The number of hydrazine groups is 1. The van der Waals surface area contributed by atoms with E-state index in [1.165, 1.54) is 12.1 Å². The molecule has 1 aromatic carbocycles. The van der Waals surface area contributed by atoms with Gasteiger partial charge in [-0.15, -0.1) is 0 Å². The van der Waals surface area contributed by atoms with Gasteiger partial charge < -0.3 is 0 Å². The number of rotatable bonds is 3. The molecule has 0 saturated carbocycles. The summed E-state index contributed by atoms with van der Waals surface area (Å²) in [6.45, 7) is 1.88. The van der Waals surface area contributed by atoms with Crippen molar-refractivity contribution in [1.29, 1.82) is 0 Å². The molecule has 90 valence electrons. The van der Waals surface area contributed by atoms with Gasteiger partial charge in [0.2, 0.25) is 0 Å². The van der Waals surface area contributed by atoms with Crippen LogP contribution in [0.5, 0.6) is 0 Å². The number of nitrogens with zero attached hydrogens (tertiary/aromatic N) is 4. The lowest BCUT2D eigenvalue weighted by Crippen LogP contribution is -2.04. The number of hydrogen-bond acceptors (Lipinski definition) is 6. The highest BCUT2D eigenvalue weighted by atomic mass is 16.6. The van der Waals surface area contributed by atoms with Crippen LogP contribution in [0.2, 0.25) is 0 Å². The summed E-state index contributed by atoms with van der Waals surface area (Å²) >= 11 is 0. The zero-order valence-corrected chi connectivity index (χ0v) is 9.23. The minimum absolute atomic E-state index is 0.0650. The molecule has 0 spiro atoms. The average Bonchev–Trinajstić information content (AvgIpc) is 2.85. The third-order valence-electron chi connectivity index (χ3n) is 2.79. The summed E-state index contributed by atoms with van der Waals surface area (Å²) in [5, 5.41) is 24.9. The van der Waals surface area contributed by atoms with Crippen LogP contribution in [0.15, 0.2) is 18.2 Å². The van der Waals surface area contributed by atoms with E-state index in [4.69, 9.17) is 0 Å². The summed E-state index contributed by atoms with van der Waals surface area (Å²) in [4.78, 5) is 20.2. The van der Waals surface area contributed by atoms with Crippen LogP contribution in [0.1, 0.15) is 6.92 Å². The van der Waals surface area contributed by atoms with E-state index in [9.17, 15) is 20.2 Å². The van der Waals surface area contributed by atoms with Crippen LogP contribution < -0.4 is 5.01 Å². The number of anilines is 1. The molecule has 2 atom stereocenters. The minimum Gasteiger partial charge on any atom is -0.279 e. The SMILES string of the molecule is CC1N(C)N1c1ccc([N+](=O)[O-])cc1[N+](=O)[O-]. The monoisotopic (exact) mass is 238 g/mol. The van der Waals surface area contributed by atoms with Gasteiger partial charge >= 0.3 is 5.69 Å². The summed E-state index contributed by atoms with van der Waals surface area (Å²) in [5.74, 6) is 0. The Morgan fingerprint density at radius 2 is 1.82 bits per heavy atom. The number of nitro groups is 2. The summed E-state index contributed by atoms with van der Waals surface area (Å²) < 4.78 is 0. The van der Waals surface area contributed by atoms with Gasteiger partial charge in [0.25, 0.3) is 5.69 Å². The molecular weight excluding hydrogens is 228 g/mol. The maximum absolute atomic E-state index is 10.9. The zero-order chi connectivity index (χ0) is 12.7. The first-order valence-electron chi connectivity index (χ1n) is 4.88. The van der Waals surface area contributed by atoms with Crippen molar-refractivity contribution in [2.45, 2.75) is 13.1 Å². The maximum atomic E-state index is 10.9. The van der Waals surface area contributed by atoms with Gasteiger partial charge in [-0.3, -0.25) is 25.2 Å². The van der Waals surface area contributed by atoms with E-state index in [1.807, 2.05) is 6.92 Å². The molecule has 17 heavy (non-hydrogen) atoms. The smallest absolute Gasteiger partial charge is 0.279 e. The Labute approximate surface area is 96.3 Å². The Balaban J connectivity index is 2.46. The molecule has 0 radical (unpaired) electrons. The topological polar surface area (TPSA) is 92.3 Å². The second-order valence-electron chi connectivity index (χ2n) is 3.74. The lowest BCUT2D eigenvalue weighted by molar-refractivity contribution is -0.393. The van der Waals surface area contributed by atoms with Crippen LogP contribution in [0, 0.1) is 20.2 Å². The minimum atomic E-state index is -0.647. The maximum Gasteiger partial charge on any atom is 0.300 e. The van der Waals surface area contributed by atoms with Gasteiger partial charge in [-0.25, -0.2) is 0 Å². The number of nitro benzene ring substituents is 2. The molecule has 0 amide bonds. The molecule has 1 aromatic rings. The predicted octanol–water partition coefficient (Wildman–Crippen LogP) is 1.52. The normalized spacial score (nSPS) is 22.4. The van der Waals surface area contributed by atoms with E-state index < -0.39 is 9.85 Å². The van der Waals surface area contributed by atoms with Crippen molar-refractivity contribution < 1.29 is 9.85 Å². The largest absolute Gasteiger partial charge is 0.300 e. The fraction of sp³-hybridized carbons (Fsp3) is 0.333. The first-order chi connectivity index (χ1) is 7.93. The molecule has 0 aromatic heterocycles. The Bertz CT molecular complexity index is 496. The third-order valence-corrected chi connectivity index (χ3v) is 2.79. The van der Waals surface area contributed by atoms with Gasteiger partial charge in [0, 0.05) is 13.1 Å². The summed E-state index contributed by atoms with van der Waals surface area (Å²) in [7, 11) is 1.79. The van der Waals surface area contributed by atoms with E-state index in [0.717, 1.165) is 6.07 Å². The van der Waals surface area contributed by atoms with Crippen LogP contribution in [-0.4, -0.2) is 28.1 Å². The number of non-ortho nitro benzene ring substituents is 1. The zero-order valence-electron chi connectivity index (χ0n) is 9.23. The molecular formula is C9H10N4O4. The summed E-state index contributed by atoms with van der Waals surface area (Å²) in [5.41, 5.74) is -0.163. The molecule has 0 aliphatic carbocycles. The molecule has 8 heteroatoms. The van der Waals surface area contributed by atoms with Crippen molar-refractivity contribution >= 4 is 17.1 Å². The lowest BCUT2D eigenvalue weighted by Gasteiger charge is -2.04. The van der Waals surface area contributed by atoms with Crippen molar-refractivity contribution in [3.05, 3.63) is 38.4 Å². The molecule has 0 bridgehead atoms. The van der Waals surface area contributed by atoms with Gasteiger partial charge in [-0.2, -0.15) is 5.01 Å². The average molecular weight is 238 g/mol. The summed E-state index contributed by atoms with van der Waals surface area (Å²) in [6.07, 6.45) is 0.0650. The van der Waals surface area contributed by atoms with Crippen molar-refractivity contribution in [2.24, 2.45) is 0 Å². The van der Waals surface area contributed by atoms with E-state index in [1.54, 1.807) is 17.1 Å². The van der Waals surface area contributed by atoms with Crippen molar-refractivity contribution in [1.82, 2.24) is 5.01 Å². The fourth-order valence-electron chi connectivity index (χ4n) is 1.71. The molecule has 1 aliphatic heterocycles. The van der Waals surface area contributed by atoms with Crippen molar-refractivity contribution in [2.75, 3.05) is 12.1 Å². The Hall–Kier alpha value is -2.22. The summed E-state index contributed by atoms with van der Waals surface area (Å²) in [6, 6.07) is 3.64. The van der Waals surface area contributed by atoms with E-state index >= 15 is 0 Å². The van der Waals surface area contributed by atoms with E-state index in [2.05, 4.69) is 0 Å². The van der Waals surface area contributed by atoms with Gasteiger partial charge in [0.1, 0.15) is 11.9 Å². The first-order valence-corrected chi connectivity index (χ1v) is 4.88. The van der Waals surface area contributed by atoms with Crippen LogP contribution in [0.25, 0.3) is 0 Å². The van der Waals surface area contributed by atoms with Crippen LogP contribution in [-0.2, 0) is 0 Å². The van der Waals surface area contributed by atoms with Crippen molar-refractivity contribution in [3.63, 3.8) is 0 Å². The Kier molecular flexibility index (Phi) is 2.43. The van der Waals surface area contributed by atoms with Crippen LogP contribution in [0.4, 0.5) is 17.1 Å². The van der Waals surface area contributed by atoms with Gasteiger partial charge in [-0.1, -0.05) is 0 Å². The Morgan fingerprint density at radius 1 is 1.24 bits per heavy atom. The standard InChI is InChI=1S/C9H10N4O4/c1-6-10(2)11(6)8-4-3-7(12(14)15)5-9(8)13(16)17/h3-6H,1-2H3. The second-order valence-corrected chi connectivity index (χ2v) is 3.74. The molecule has 2 rings (SSSR count). The van der Waals surface area contributed by atoms with Crippen LogP contribution in [0.3, 0.4) is 0 Å². The Morgan fingerprint density at radius 3 is 2.24 bits per heavy atom. The van der Waals surface area contributed by atoms with Gasteiger partial charge in [0.15, 0.2) is 0 Å². The highest BCUT2D eigenvalue weighted by molar-refractivity contribution is 5.68. The highest BCUT2D eigenvalue weighted by Gasteiger charge is 2.42. The van der Waals surface area contributed by atoms with E-state index in [-0.39, 0.29) is 17.5 Å². The number of benzene rings is 1. The third kappa shape index (κ3) is 1.78. The highest BCUT2D eigenvalue weighted by Crippen LogP contribution is 2.39. The fourth-order valence-corrected chi connectivity index (χ4v) is 1.71. The molecule has 1 heterocycles. The quantitative estimate of drug-likeness (QED) is 0.450. The first kappa shape index (κ1) is 11.3. The van der Waals surface area contributed by atoms with Crippen molar-refractivity contribution in [3.8, 4) is 0 Å². The molecule has 1 aliphatic rings. The van der Waals surface area contributed by atoms with Crippen LogP contribution >= 0.6 is 0 Å². The lowest BCUT2D eigenvalue weighted by atomic mass is 10.2. The molecule has 2 unspecified atom stereocenters. The van der Waals surface area contributed by atoms with Gasteiger partial charge in [0.05, 0.1) is 15.9 Å². The number of hydrogen-bond donors (Lipinski definition) is 0. The predicted molar refractivity (Wildman–Crippen MR) is 59.5 cm³/mol.